The number of anilines is 1. The highest BCUT2D eigenvalue weighted by molar-refractivity contribution is 6.32. The summed E-state index contributed by atoms with van der Waals surface area (Å²) >= 11 is 6.12. The minimum atomic E-state index is -0.575. The molecule has 0 atom stereocenters. The van der Waals surface area contributed by atoms with Crippen LogP contribution in [0.25, 0.3) is 0 Å². The van der Waals surface area contributed by atoms with Gasteiger partial charge in [0.25, 0.3) is 11.6 Å². The van der Waals surface area contributed by atoms with Crippen molar-refractivity contribution in [3.63, 3.8) is 0 Å². The number of methoxy groups -OCH3 is 1. The van der Waals surface area contributed by atoms with Gasteiger partial charge >= 0.3 is 0 Å². The number of nitro benzene ring substituents is 1. The number of nitrogens with zero attached hydrogens (tertiary/aromatic N) is 1. The Kier molecular flexibility index (Phi) is 7.69. The predicted octanol–water partition coefficient (Wildman–Crippen LogP) is 4.95. The fourth-order valence-corrected chi connectivity index (χ4v) is 4.08. The van der Waals surface area contributed by atoms with Crippen LogP contribution in [-0.4, -0.2) is 23.8 Å². The molecule has 1 aliphatic carbocycles. The van der Waals surface area contributed by atoms with Crippen LogP contribution in [0.5, 0.6) is 5.75 Å². The van der Waals surface area contributed by atoms with Gasteiger partial charge in [0.1, 0.15) is 5.75 Å². The molecule has 1 saturated carbocycles. The van der Waals surface area contributed by atoms with Crippen molar-refractivity contribution in [3.8, 4) is 5.75 Å². The first kappa shape index (κ1) is 23.5. The van der Waals surface area contributed by atoms with E-state index in [1.54, 1.807) is 18.2 Å². The van der Waals surface area contributed by atoms with Crippen LogP contribution in [0.4, 0.5) is 11.4 Å². The lowest BCUT2D eigenvalue weighted by molar-refractivity contribution is -0.384. The zero-order valence-corrected chi connectivity index (χ0v) is 18.8. The molecule has 8 nitrogen and oxygen atoms in total. The van der Waals surface area contributed by atoms with Gasteiger partial charge in [0.05, 0.1) is 28.3 Å². The molecule has 2 aromatic carbocycles. The Morgan fingerprint density at radius 1 is 1.16 bits per heavy atom. The maximum atomic E-state index is 12.9. The lowest BCUT2D eigenvalue weighted by Gasteiger charge is -2.25. The molecule has 3 rings (SSSR count). The van der Waals surface area contributed by atoms with Crippen LogP contribution in [-0.2, 0) is 11.3 Å². The molecule has 1 aliphatic rings. The molecule has 170 valence electrons. The Labute approximate surface area is 191 Å². The predicted molar refractivity (Wildman–Crippen MR) is 122 cm³/mol. The molecule has 0 radical (unpaired) electrons. The molecule has 0 saturated heterocycles. The van der Waals surface area contributed by atoms with Gasteiger partial charge in [0.2, 0.25) is 5.91 Å². The fourth-order valence-electron chi connectivity index (χ4n) is 3.80. The average Bonchev–Trinajstić information content (AvgIpc) is 2.78. The zero-order chi connectivity index (χ0) is 23.3. The molecule has 0 heterocycles. The molecule has 9 heteroatoms. The Bertz CT molecular complexity index is 1020. The molecule has 2 amide bonds. The average molecular weight is 460 g/mol. The fraction of sp³-hybridized carbons (Fsp3) is 0.391. The van der Waals surface area contributed by atoms with Gasteiger partial charge in [0, 0.05) is 24.6 Å². The number of ether oxygens (including phenoxy) is 1. The van der Waals surface area contributed by atoms with Crippen molar-refractivity contribution in [2.24, 2.45) is 11.8 Å². The summed E-state index contributed by atoms with van der Waals surface area (Å²) in [5, 5.41) is 17.2. The molecular formula is C23H26ClN3O5. The second-order valence-corrected chi connectivity index (χ2v) is 8.49. The van der Waals surface area contributed by atoms with Gasteiger partial charge in [-0.25, -0.2) is 0 Å². The van der Waals surface area contributed by atoms with E-state index in [0.717, 1.165) is 31.2 Å². The van der Waals surface area contributed by atoms with Crippen molar-refractivity contribution in [3.05, 3.63) is 62.7 Å². The van der Waals surface area contributed by atoms with E-state index in [1.165, 1.54) is 25.3 Å². The number of nitrogens with one attached hydrogen (secondary N) is 2. The number of carbonyl (C=O) groups is 2. The van der Waals surface area contributed by atoms with Crippen molar-refractivity contribution in [1.29, 1.82) is 0 Å². The topological polar surface area (TPSA) is 111 Å². The Morgan fingerprint density at radius 2 is 1.88 bits per heavy atom. The number of nitro groups is 1. The summed E-state index contributed by atoms with van der Waals surface area (Å²) < 4.78 is 5.12. The number of halogens is 1. The highest BCUT2D eigenvalue weighted by Gasteiger charge is 2.26. The summed E-state index contributed by atoms with van der Waals surface area (Å²) in [7, 11) is 1.51. The van der Waals surface area contributed by atoms with Crippen LogP contribution < -0.4 is 15.4 Å². The van der Waals surface area contributed by atoms with E-state index in [2.05, 4.69) is 17.6 Å². The van der Waals surface area contributed by atoms with E-state index in [-0.39, 0.29) is 35.3 Å². The molecule has 0 bridgehead atoms. The third kappa shape index (κ3) is 5.76. The molecule has 32 heavy (non-hydrogen) atoms. The highest BCUT2D eigenvalue weighted by atomic mass is 35.5. The second-order valence-electron chi connectivity index (χ2n) is 8.08. The molecule has 1 fully saturated rings. The first-order chi connectivity index (χ1) is 15.3. The van der Waals surface area contributed by atoms with E-state index in [1.807, 2.05) is 0 Å². The van der Waals surface area contributed by atoms with E-state index in [9.17, 15) is 19.7 Å². The van der Waals surface area contributed by atoms with Gasteiger partial charge in [-0.1, -0.05) is 24.6 Å². The summed E-state index contributed by atoms with van der Waals surface area (Å²) in [6.07, 6.45) is 3.55. The lowest BCUT2D eigenvalue weighted by Crippen LogP contribution is -2.29. The van der Waals surface area contributed by atoms with Gasteiger partial charge in [-0.15, -0.1) is 0 Å². The lowest BCUT2D eigenvalue weighted by atomic mass is 9.82. The zero-order valence-electron chi connectivity index (χ0n) is 18.0. The molecule has 2 N–H and O–H groups in total. The van der Waals surface area contributed by atoms with Crippen molar-refractivity contribution in [2.75, 3.05) is 12.4 Å². The monoisotopic (exact) mass is 459 g/mol. The Morgan fingerprint density at radius 3 is 2.50 bits per heavy atom. The first-order valence-corrected chi connectivity index (χ1v) is 10.9. The first-order valence-electron chi connectivity index (χ1n) is 10.5. The van der Waals surface area contributed by atoms with Crippen LogP contribution in [0, 0.1) is 22.0 Å². The molecular weight excluding hydrogens is 434 g/mol. The highest BCUT2D eigenvalue weighted by Crippen LogP contribution is 2.30. The van der Waals surface area contributed by atoms with Crippen LogP contribution >= 0.6 is 11.6 Å². The van der Waals surface area contributed by atoms with Gasteiger partial charge < -0.3 is 15.4 Å². The minimum Gasteiger partial charge on any atom is -0.495 e. The summed E-state index contributed by atoms with van der Waals surface area (Å²) in [4.78, 5) is 36.3. The van der Waals surface area contributed by atoms with Gasteiger partial charge in [-0.2, -0.15) is 0 Å². The van der Waals surface area contributed by atoms with Crippen LogP contribution in [0.1, 0.15) is 48.5 Å². The van der Waals surface area contributed by atoms with Crippen LogP contribution in [0.3, 0.4) is 0 Å². The summed E-state index contributed by atoms with van der Waals surface area (Å²) in [5.41, 5.74) is 0.796. The number of rotatable bonds is 7. The minimum absolute atomic E-state index is 0.0383. The number of non-ortho nitro benzene ring substituents is 1. The summed E-state index contributed by atoms with van der Waals surface area (Å²) in [6.45, 7) is 2.32. The van der Waals surface area contributed by atoms with Crippen molar-refractivity contribution < 1.29 is 19.2 Å². The quantitative estimate of drug-likeness (QED) is 0.449. The third-order valence-electron chi connectivity index (χ3n) is 5.77. The molecule has 0 aromatic heterocycles. The normalized spacial score (nSPS) is 18.0. The van der Waals surface area contributed by atoms with Crippen molar-refractivity contribution in [2.45, 2.75) is 39.2 Å². The number of hydrogen-bond acceptors (Lipinski definition) is 5. The SMILES string of the molecule is COc1ccc(CNC(=O)c2cc([N+](=O)[O-])ccc2NC(=O)C2CCC(C)CC2)cc1Cl. The molecule has 0 unspecified atom stereocenters. The smallest absolute Gasteiger partial charge is 0.270 e. The number of hydrogen-bond donors (Lipinski definition) is 2. The van der Waals surface area contributed by atoms with E-state index >= 15 is 0 Å². The van der Waals surface area contributed by atoms with E-state index in [4.69, 9.17) is 16.3 Å². The summed E-state index contributed by atoms with van der Waals surface area (Å²) in [6, 6.07) is 8.97. The number of amides is 2. The maximum absolute atomic E-state index is 12.9. The van der Waals surface area contributed by atoms with Crippen molar-refractivity contribution in [1.82, 2.24) is 5.32 Å². The van der Waals surface area contributed by atoms with Crippen LogP contribution in [0.2, 0.25) is 5.02 Å². The van der Waals surface area contributed by atoms with Gasteiger partial charge in [-0.3, -0.25) is 19.7 Å². The van der Waals surface area contributed by atoms with Crippen LogP contribution in [0.15, 0.2) is 36.4 Å². The standard InChI is InChI=1S/C23H26ClN3O5/c1-14-3-6-16(7-4-14)22(28)26-20-9-8-17(27(30)31)12-18(20)23(29)25-13-15-5-10-21(32-2)19(24)11-15/h5,8-12,14,16H,3-4,6-7,13H2,1-2H3,(H,25,29)(H,26,28). The second kappa shape index (κ2) is 10.5. The van der Waals surface area contributed by atoms with Crippen molar-refractivity contribution >= 4 is 34.8 Å². The largest absolute Gasteiger partial charge is 0.495 e. The number of carbonyl (C=O) groups excluding carboxylic acids is 2. The summed E-state index contributed by atoms with van der Waals surface area (Å²) in [5.74, 6) is 0.294. The van der Waals surface area contributed by atoms with Gasteiger partial charge in [0.15, 0.2) is 0 Å². The number of benzene rings is 2. The van der Waals surface area contributed by atoms with E-state index < -0.39 is 10.8 Å². The Balaban J connectivity index is 1.76. The Hall–Kier alpha value is -3.13. The molecule has 2 aromatic rings. The van der Waals surface area contributed by atoms with E-state index in [0.29, 0.717) is 16.7 Å². The molecule has 0 aliphatic heterocycles. The van der Waals surface area contributed by atoms with Gasteiger partial charge in [-0.05, 0) is 55.4 Å². The molecule has 0 spiro atoms. The third-order valence-corrected chi connectivity index (χ3v) is 6.07. The maximum Gasteiger partial charge on any atom is 0.270 e.